The fourth-order valence-corrected chi connectivity index (χ4v) is 2.92. The predicted octanol–water partition coefficient (Wildman–Crippen LogP) is 4.55. The van der Waals surface area contributed by atoms with Gasteiger partial charge in [0.2, 0.25) is 0 Å². The fraction of sp³-hybridized carbons (Fsp3) is 0.944. The van der Waals surface area contributed by atoms with Crippen LogP contribution in [0.2, 0.25) is 0 Å². The Kier molecular flexibility index (Phi) is 12.8. The maximum atomic E-state index is 10.8. The summed E-state index contributed by atoms with van der Waals surface area (Å²) in [5, 5.41) is 0. The third kappa shape index (κ3) is 10.8. The van der Waals surface area contributed by atoms with Crippen LogP contribution in [0.15, 0.2) is 0 Å². The molecule has 0 aliphatic rings. The topological polar surface area (TPSA) is 26.3 Å². The smallest absolute Gasteiger partial charge is 0.302 e. The van der Waals surface area contributed by atoms with E-state index in [1.807, 2.05) is 0 Å². The number of unbranched alkanes of at least 4 members (excludes halogenated alkanes) is 4. The van der Waals surface area contributed by atoms with Gasteiger partial charge in [-0.05, 0) is 32.1 Å². The lowest BCUT2D eigenvalue weighted by Crippen LogP contribution is -2.50. The second-order valence-corrected chi connectivity index (χ2v) is 6.34. The molecule has 0 radical (unpaired) electrons. The Balaban J connectivity index is 4.37. The van der Waals surface area contributed by atoms with Crippen LogP contribution in [0.25, 0.3) is 0 Å². The zero-order valence-corrected chi connectivity index (χ0v) is 15.0. The second-order valence-electron chi connectivity index (χ2n) is 6.34. The van der Waals surface area contributed by atoms with E-state index < -0.39 is 0 Å². The fourth-order valence-electron chi connectivity index (χ4n) is 2.92. The second kappa shape index (κ2) is 13.1. The minimum absolute atomic E-state index is 0.154. The van der Waals surface area contributed by atoms with Crippen LogP contribution in [-0.2, 0) is 9.53 Å². The summed E-state index contributed by atoms with van der Waals surface area (Å²) < 4.78 is 6.34. The van der Waals surface area contributed by atoms with Gasteiger partial charge in [0.15, 0.2) is 0 Å². The van der Waals surface area contributed by atoms with Gasteiger partial charge in [-0.25, -0.2) is 0 Å². The van der Waals surface area contributed by atoms with Crippen molar-refractivity contribution in [2.45, 2.75) is 79.1 Å². The van der Waals surface area contributed by atoms with Crippen molar-refractivity contribution in [3.8, 4) is 0 Å². The monoisotopic (exact) mass is 300 g/mol. The van der Waals surface area contributed by atoms with Crippen LogP contribution < -0.4 is 0 Å². The van der Waals surface area contributed by atoms with Crippen LogP contribution in [0.5, 0.6) is 0 Å². The molecule has 0 atom stereocenters. The van der Waals surface area contributed by atoms with Gasteiger partial charge in [0, 0.05) is 6.92 Å². The number of hydrogen-bond donors (Lipinski definition) is 0. The summed E-state index contributed by atoms with van der Waals surface area (Å²) in [6.07, 6.45) is 10.0. The Morgan fingerprint density at radius 1 is 0.762 bits per heavy atom. The summed E-state index contributed by atoms with van der Waals surface area (Å²) in [5.41, 5.74) is 0. The van der Waals surface area contributed by atoms with Crippen molar-refractivity contribution in [1.29, 1.82) is 0 Å². The molecule has 3 heteroatoms. The van der Waals surface area contributed by atoms with Crippen molar-refractivity contribution < 1.29 is 14.0 Å². The molecule has 0 aromatic carbocycles. The number of nitrogens with zero attached hydrogens (tertiary/aromatic N) is 1. The van der Waals surface area contributed by atoms with Gasteiger partial charge in [-0.2, -0.15) is 0 Å². The highest BCUT2D eigenvalue weighted by molar-refractivity contribution is 5.65. The molecule has 0 aliphatic carbocycles. The van der Waals surface area contributed by atoms with Crippen LogP contribution in [-0.4, -0.2) is 43.2 Å². The molecular weight excluding hydrogens is 262 g/mol. The SMILES string of the molecule is CCCC[N+](CCCC)(CCCC)CCCCOC(C)=O. The lowest BCUT2D eigenvalue weighted by molar-refractivity contribution is -0.929. The summed E-state index contributed by atoms with van der Waals surface area (Å²) in [6, 6.07) is 0. The largest absolute Gasteiger partial charge is 0.466 e. The molecule has 0 saturated carbocycles. The van der Waals surface area contributed by atoms with Crippen molar-refractivity contribution in [2.24, 2.45) is 0 Å². The molecule has 0 heterocycles. The quantitative estimate of drug-likeness (QED) is 0.267. The van der Waals surface area contributed by atoms with E-state index in [1.165, 1.54) is 82.5 Å². The molecule has 0 aliphatic heterocycles. The van der Waals surface area contributed by atoms with E-state index in [0.717, 1.165) is 6.42 Å². The first-order valence-corrected chi connectivity index (χ1v) is 9.08. The molecule has 0 amide bonds. The van der Waals surface area contributed by atoms with Crippen LogP contribution in [0, 0.1) is 0 Å². The molecule has 0 unspecified atom stereocenters. The Labute approximate surface area is 132 Å². The maximum absolute atomic E-state index is 10.8. The lowest BCUT2D eigenvalue weighted by atomic mass is 10.1. The maximum Gasteiger partial charge on any atom is 0.302 e. The lowest BCUT2D eigenvalue weighted by Gasteiger charge is -2.39. The first kappa shape index (κ1) is 20.4. The zero-order chi connectivity index (χ0) is 16.0. The Morgan fingerprint density at radius 3 is 1.57 bits per heavy atom. The van der Waals surface area contributed by atoms with Crippen LogP contribution in [0.1, 0.15) is 79.1 Å². The minimum Gasteiger partial charge on any atom is -0.466 e. The molecule has 126 valence electrons. The van der Waals surface area contributed by atoms with Gasteiger partial charge in [0.05, 0.1) is 32.8 Å². The third-order valence-electron chi connectivity index (χ3n) is 4.29. The Hall–Kier alpha value is -0.570. The average Bonchev–Trinajstić information content (AvgIpc) is 2.47. The normalized spacial score (nSPS) is 11.6. The van der Waals surface area contributed by atoms with Crippen molar-refractivity contribution in [1.82, 2.24) is 0 Å². The standard InChI is InChI=1S/C18H38NO2/c1-5-8-13-19(14-9-6-2,15-10-7-3)16-11-12-17-21-18(4)20/h5-17H2,1-4H3/q+1. The predicted molar refractivity (Wildman–Crippen MR) is 90.3 cm³/mol. The molecule has 0 aromatic heterocycles. The molecule has 0 N–H and O–H groups in total. The highest BCUT2D eigenvalue weighted by Gasteiger charge is 2.25. The highest BCUT2D eigenvalue weighted by Crippen LogP contribution is 2.16. The van der Waals surface area contributed by atoms with Gasteiger partial charge < -0.3 is 9.22 Å². The molecule has 0 aromatic rings. The molecule has 3 nitrogen and oxygen atoms in total. The summed E-state index contributed by atoms with van der Waals surface area (Å²) in [6.45, 7) is 14.2. The average molecular weight is 301 g/mol. The molecule has 0 saturated heterocycles. The number of carbonyl (C=O) groups is 1. The molecule has 0 spiro atoms. The van der Waals surface area contributed by atoms with Crippen LogP contribution >= 0.6 is 0 Å². The first-order valence-electron chi connectivity index (χ1n) is 9.08. The van der Waals surface area contributed by atoms with E-state index in [4.69, 9.17) is 4.74 Å². The van der Waals surface area contributed by atoms with Gasteiger partial charge in [-0.15, -0.1) is 0 Å². The van der Waals surface area contributed by atoms with E-state index in [-0.39, 0.29) is 5.97 Å². The van der Waals surface area contributed by atoms with Gasteiger partial charge >= 0.3 is 5.97 Å². The van der Waals surface area contributed by atoms with Gasteiger partial charge in [-0.3, -0.25) is 4.79 Å². The summed E-state index contributed by atoms with van der Waals surface area (Å²) in [7, 11) is 0. The van der Waals surface area contributed by atoms with Crippen molar-refractivity contribution in [3.05, 3.63) is 0 Å². The van der Waals surface area contributed by atoms with Gasteiger partial charge in [0.25, 0.3) is 0 Å². The van der Waals surface area contributed by atoms with E-state index in [9.17, 15) is 4.79 Å². The van der Waals surface area contributed by atoms with Crippen molar-refractivity contribution >= 4 is 5.97 Å². The van der Waals surface area contributed by atoms with E-state index in [0.29, 0.717) is 6.61 Å². The Bertz CT molecular complexity index is 232. The molecular formula is C18H38NO2+. The third-order valence-corrected chi connectivity index (χ3v) is 4.29. The summed E-state index contributed by atoms with van der Waals surface area (Å²) in [5.74, 6) is -0.154. The van der Waals surface area contributed by atoms with Gasteiger partial charge in [0.1, 0.15) is 0 Å². The first-order chi connectivity index (χ1) is 10.1. The van der Waals surface area contributed by atoms with Gasteiger partial charge in [-0.1, -0.05) is 40.0 Å². The summed E-state index contributed by atoms with van der Waals surface area (Å²) in [4.78, 5) is 10.8. The Morgan fingerprint density at radius 2 is 1.19 bits per heavy atom. The van der Waals surface area contributed by atoms with E-state index in [2.05, 4.69) is 20.8 Å². The molecule has 21 heavy (non-hydrogen) atoms. The van der Waals surface area contributed by atoms with E-state index >= 15 is 0 Å². The number of rotatable bonds is 14. The zero-order valence-electron chi connectivity index (χ0n) is 15.0. The highest BCUT2D eigenvalue weighted by atomic mass is 16.5. The van der Waals surface area contributed by atoms with Crippen LogP contribution in [0.3, 0.4) is 0 Å². The number of quaternary nitrogens is 1. The van der Waals surface area contributed by atoms with E-state index in [1.54, 1.807) is 0 Å². The van der Waals surface area contributed by atoms with Crippen LogP contribution in [0.4, 0.5) is 0 Å². The number of hydrogen-bond acceptors (Lipinski definition) is 2. The molecule has 0 fully saturated rings. The molecule has 0 bridgehead atoms. The number of ether oxygens (including phenoxy) is 1. The summed E-state index contributed by atoms with van der Waals surface area (Å²) >= 11 is 0. The molecule has 0 rings (SSSR count). The number of carbonyl (C=O) groups excluding carboxylic acids is 1. The number of esters is 1. The van der Waals surface area contributed by atoms with Crippen molar-refractivity contribution in [2.75, 3.05) is 32.8 Å². The minimum atomic E-state index is -0.154. The van der Waals surface area contributed by atoms with Crippen molar-refractivity contribution in [3.63, 3.8) is 0 Å².